The molecule has 2 N–H and O–H groups in total. The van der Waals surface area contributed by atoms with Crippen LogP contribution in [0.2, 0.25) is 5.02 Å². The van der Waals surface area contributed by atoms with Crippen LogP contribution in [0.3, 0.4) is 0 Å². The summed E-state index contributed by atoms with van der Waals surface area (Å²) >= 11 is 5.91. The molecule has 1 aliphatic carbocycles. The van der Waals surface area contributed by atoms with Crippen molar-refractivity contribution in [2.45, 2.75) is 45.6 Å². The van der Waals surface area contributed by atoms with E-state index in [4.69, 9.17) is 11.6 Å². The van der Waals surface area contributed by atoms with E-state index in [0.717, 1.165) is 31.4 Å². The fourth-order valence-electron chi connectivity index (χ4n) is 2.83. The van der Waals surface area contributed by atoms with E-state index in [1.54, 1.807) is 12.1 Å². The van der Waals surface area contributed by atoms with Crippen molar-refractivity contribution in [3.8, 4) is 0 Å². The lowest BCUT2D eigenvalue weighted by molar-refractivity contribution is -0.128. The lowest BCUT2D eigenvalue weighted by atomic mass is 9.81. The van der Waals surface area contributed by atoms with Crippen LogP contribution in [-0.2, 0) is 9.59 Å². The molecule has 0 saturated heterocycles. The van der Waals surface area contributed by atoms with Crippen LogP contribution >= 0.6 is 11.6 Å². The van der Waals surface area contributed by atoms with Gasteiger partial charge in [0.1, 0.15) is 0 Å². The van der Waals surface area contributed by atoms with Crippen LogP contribution in [0.25, 0.3) is 0 Å². The molecule has 2 rings (SSSR count). The first-order valence-corrected chi connectivity index (χ1v) is 8.20. The third kappa shape index (κ3) is 4.73. The van der Waals surface area contributed by atoms with Gasteiger partial charge in [-0.3, -0.25) is 9.59 Å². The summed E-state index contributed by atoms with van der Waals surface area (Å²) < 4.78 is 0. The fraction of sp³-hybridized carbons (Fsp3) is 0.529. The SMILES string of the molecule is CC(C)NC(=O)C1CCC(C(=O)Nc2cccc(Cl)c2)CC1. The van der Waals surface area contributed by atoms with Gasteiger partial charge in [-0.1, -0.05) is 17.7 Å². The molecular weight excluding hydrogens is 300 g/mol. The van der Waals surface area contributed by atoms with Crippen molar-refractivity contribution >= 4 is 29.1 Å². The van der Waals surface area contributed by atoms with E-state index in [2.05, 4.69) is 10.6 Å². The molecule has 1 aliphatic rings. The Labute approximate surface area is 136 Å². The van der Waals surface area contributed by atoms with Crippen molar-refractivity contribution in [3.63, 3.8) is 0 Å². The van der Waals surface area contributed by atoms with Crippen LogP contribution in [0, 0.1) is 11.8 Å². The summed E-state index contributed by atoms with van der Waals surface area (Å²) in [6, 6.07) is 7.31. The normalized spacial score (nSPS) is 21.5. The van der Waals surface area contributed by atoms with Crippen molar-refractivity contribution in [2.75, 3.05) is 5.32 Å². The van der Waals surface area contributed by atoms with E-state index < -0.39 is 0 Å². The molecule has 1 fully saturated rings. The minimum absolute atomic E-state index is 0.0185. The van der Waals surface area contributed by atoms with Crippen molar-refractivity contribution < 1.29 is 9.59 Å². The van der Waals surface area contributed by atoms with E-state index in [1.807, 2.05) is 26.0 Å². The lowest BCUT2D eigenvalue weighted by Crippen LogP contribution is -2.38. The predicted molar refractivity (Wildman–Crippen MR) is 88.8 cm³/mol. The first-order valence-electron chi connectivity index (χ1n) is 7.82. The number of benzene rings is 1. The van der Waals surface area contributed by atoms with Crippen LogP contribution in [0.5, 0.6) is 0 Å². The molecule has 1 aromatic carbocycles. The molecule has 22 heavy (non-hydrogen) atoms. The second kappa shape index (κ2) is 7.63. The summed E-state index contributed by atoms with van der Waals surface area (Å²) in [7, 11) is 0. The van der Waals surface area contributed by atoms with Crippen molar-refractivity contribution in [3.05, 3.63) is 29.3 Å². The number of hydrogen-bond donors (Lipinski definition) is 2. The molecule has 1 saturated carbocycles. The second-order valence-electron chi connectivity index (χ2n) is 6.21. The molecule has 0 spiro atoms. The monoisotopic (exact) mass is 322 g/mol. The molecule has 0 atom stereocenters. The van der Waals surface area contributed by atoms with E-state index in [9.17, 15) is 9.59 Å². The molecule has 0 aliphatic heterocycles. The van der Waals surface area contributed by atoms with Gasteiger partial charge in [-0.05, 0) is 57.7 Å². The van der Waals surface area contributed by atoms with Gasteiger partial charge in [0.05, 0.1) is 0 Å². The Kier molecular flexibility index (Phi) is 5.83. The average Bonchev–Trinajstić information content (AvgIpc) is 2.46. The molecule has 0 radical (unpaired) electrons. The van der Waals surface area contributed by atoms with Crippen molar-refractivity contribution in [1.82, 2.24) is 5.32 Å². The highest BCUT2D eigenvalue weighted by Crippen LogP contribution is 2.30. The summed E-state index contributed by atoms with van der Waals surface area (Å²) in [5.41, 5.74) is 0.720. The number of nitrogens with one attached hydrogen (secondary N) is 2. The van der Waals surface area contributed by atoms with Gasteiger partial charge in [-0.15, -0.1) is 0 Å². The Morgan fingerprint density at radius 2 is 1.68 bits per heavy atom. The Balaban J connectivity index is 1.83. The zero-order chi connectivity index (χ0) is 16.1. The minimum Gasteiger partial charge on any atom is -0.354 e. The third-order valence-electron chi connectivity index (χ3n) is 3.99. The molecular formula is C17H23ClN2O2. The summed E-state index contributed by atoms with van der Waals surface area (Å²) in [6.45, 7) is 3.92. The van der Waals surface area contributed by atoms with Gasteiger partial charge >= 0.3 is 0 Å². The molecule has 2 amide bonds. The molecule has 5 heteroatoms. The van der Waals surface area contributed by atoms with Gasteiger partial charge in [0, 0.05) is 28.6 Å². The first kappa shape index (κ1) is 16.8. The highest BCUT2D eigenvalue weighted by Gasteiger charge is 2.30. The van der Waals surface area contributed by atoms with Crippen molar-refractivity contribution in [1.29, 1.82) is 0 Å². The van der Waals surface area contributed by atoms with Gasteiger partial charge in [0.15, 0.2) is 0 Å². The molecule has 120 valence electrons. The smallest absolute Gasteiger partial charge is 0.227 e. The third-order valence-corrected chi connectivity index (χ3v) is 4.23. The lowest BCUT2D eigenvalue weighted by Gasteiger charge is -2.27. The highest BCUT2D eigenvalue weighted by atomic mass is 35.5. The zero-order valence-corrected chi connectivity index (χ0v) is 13.8. The molecule has 0 heterocycles. The van der Waals surface area contributed by atoms with Crippen LogP contribution in [0.1, 0.15) is 39.5 Å². The van der Waals surface area contributed by atoms with Gasteiger partial charge in [-0.2, -0.15) is 0 Å². The summed E-state index contributed by atoms with van der Waals surface area (Å²) in [6.07, 6.45) is 3.05. The van der Waals surface area contributed by atoms with Gasteiger partial charge in [0.25, 0.3) is 0 Å². The summed E-state index contributed by atoms with van der Waals surface area (Å²) in [4.78, 5) is 24.3. The molecule has 4 nitrogen and oxygen atoms in total. The van der Waals surface area contributed by atoms with Gasteiger partial charge in [0.2, 0.25) is 11.8 Å². The maximum absolute atomic E-state index is 12.3. The maximum atomic E-state index is 12.3. The Morgan fingerprint density at radius 1 is 1.09 bits per heavy atom. The standard InChI is InChI=1S/C17H23ClN2O2/c1-11(2)19-16(21)12-6-8-13(9-7-12)17(22)20-15-5-3-4-14(18)10-15/h3-5,10-13H,6-9H2,1-2H3,(H,19,21)(H,20,22). The largest absolute Gasteiger partial charge is 0.354 e. The number of carbonyl (C=O) groups excluding carboxylic acids is 2. The number of amides is 2. The molecule has 0 unspecified atom stereocenters. The number of rotatable bonds is 4. The number of carbonyl (C=O) groups is 2. The Bertz CT molecular complexity index is 537. The topological polar surface area (TPSA) is 58.2 Å². The average molecular weight is 323 g/mol. The molecule has 1 aromatic rings. The van der Waals surface area contributed by atoms with E-state index in [1.165, 1.54) is 0 Å². The zero-order valence-electron chi connectivity index (χ0n) is 13.1. The first-order chi connectivity index (χ1) is 10.5. The molecule has 0 aromatic heterocycles. The second-order valence-corrected chi connectivity index (χ2v) is 6.65. The van der Waals surface area contributed by atoms with Gasteiger partial charge in [-0.25, -0.2) is 0 Å². The number of halogens is 1. The maximum Gasteiger partial charge on any atom is 0.227 e. The van der Waals surface area contributed by atoms with Crippen LogP contribution in [0.15, 0.2) is 24.3 Å². The highest BCUT2D eigenvalue weighted by molar-refractivity contribution is 6.30. The van der Waals surface area contributed by atoms with Crippen molar-refractivity contribution in [2.24, 2.45) is 11.8 Å². The van der Waals surface area contributed by atoms with E-state index >= 15 is 0 Å². The van der Waals surface area contributed by atoms with Crippen LogP contribution < -0.4 is 10.6 Å². The summed E-state index contributed by atoms with van der Waals surface area (Å²) in [5, 5.41) is 6.46. The van der Waals surface area contributed by atoms with E-state index in [0.29, 0.717) is 5.02 Å². The van der Waals surface area contributed by atoms with Gasteiger partial charge < -0.3 is 10.6 Å². The van der Waals surface area contributed by atoms with Crippen LogP contribution in [0.4, 0.5) is 5.69 Å². The fourth-order valence-corrected chi connectivity index (χ4v) is 3.02. The molecule has 0 bridgehead atoms. The Hall–Kier alpha value is -1.55. The number of anilines is 1. The van der Waals surface area contributed by atoms with Crippen LogP contribution in [-0.4, -0.2) is 17.9 Å². The summed E-state index contributed by atoms with van der Waals surface area (Å²) in [5.74, 6) is 0.147. The quantitative estimate of drug-likeness (QED) is 0.889. The van der Waals surface area contributed by atoms with E-state index in [-0.39, 0.29) is 29.7 Å². The minimum atomic E-state index is -0.0259. The number of hydrogen-bond acceptors (Lipinski definition) is 2. The predicted octanol–water partition coefficient (Wildman–Crippen LogP) is 3.61. The Morgan fingerprint density at radius 3 is 2.23 bits per heavy atom.